The highest BCUT2D eigenvalue weighted by Crippen LogP contribution is 2.15. The highest BCUT2D eigenvalue weighted by molar-refractivity contribution is 7.09. The fourth-order valence-electron chi connectivity index (χ4n) is 3.25. The molecule has 2 aromatic heterocycles. The normalized spacial score (nSPS) is 14.8. The van der Waals surface area contributed by atoms with Crippen LogP contribution in [0.15, 0.2) is 27.1 Å². The number of hydrogen-bond donors (Lipinski definition) is 1. The Balaban J connectivity index is 1.97. The van der Waals surface area contributed by atoms with Crippen molar-refractivity contribution in [1.82, 2.24) is 14.5 Å². The first-order chi connectivity index (χ1) is 12.5. The third kappa shape index (κ3) is 3.35. The third-order valence-electron chi connectivity index (χ3n) is 4.67. The van der Waals surface area contributed by atoms with Gasteiger partial charge in [-0.05, 0) is 37.6 Å². The van der Waals surface area contributed by atoms with Gasteiger partial charge in [-0.3, -0.25) is 14.2 Å². The van der Waals surface area contributed by atoms with Gasteiger partial charge in [-0.2, -0.15) is 5.26 Å². The van der Waals surface area contributed by atoms with E-state index in [-0.39, 0.29) is 5.56 Å². The van der Waals surface area contributed by atoms with Crippen LogP contribution in [0.5, 0.6) is 0 Å². The lowest BCUT2D eigenvalue weighted by atomic mass is 10.1. The summed E-state index contributed by atoms with van der Waals surface area (Å²) >= 11 is 1.51. The van der Waals surface area contributed by atoms with Gasteiger partial charge in [-0.1, -0.05) is 12.5 Å². The molecule has 0 saturated heterocycles. The molecule has 0 radical (unpaired) electrons. The Morgan fingerprint density at radius 2 is 2.19 bits per heavy atom. The molecule has 1 unspecified atom stereocenters. The predicted molar refractivity (Wildman–Crippen MR) is 98.1 cm³/mol. The highest BCUT2D eigenvalue weighted by Gasteiger charge is 2.26. The number of fused-ring (bicyclic) bond motifs is 1. The van der Waals surface area contributed by atoms with Gasteiger partial charge in [0.15, 0.2) is 0 Å². The minimum absolute atomic E-state index is 0.0237. The van der Waals surface area contributed by atoms with Crippen LogP contribution in [0.25, 0.3) is 0 Å². The van der Waals surface area contributed by atoms with E-state index in [0.717, 1.165) is 28.7 Å². The van der Waals surface area contributed by atoms with Crippen LogP contribution >= 0.6 is 11.3 Å². The van der Waals surface area contributed by atoms with Crippen molar-refractivity contribution in [3.05, 3.63) is 54.5 Å². The number of nitrogens with one attached hydrogen (secondary N) is 1. The van der Waals surface area contributed by atoms with Crippen LogP contribution in [-0.2, 0) is 24.3 Å². The molecule has 7 nitrogen and oxygen atoms in total. The van der Waals surface area contributed by atoms with Crippen LogP contribution in [0.1, 0.15) is 48.4 Å². The second kappa shape index (κ2) is 7.70. The van der Waals surface area contributed by atoms with Gasteiger partial charge in [0, 0.05) is 17.1 Å². The van der Waals surface area contributed by atoms with Crippen molar-refractivity contribution in [2.75, 3.05) is 0 Å². The van der Waals surface area contributed by atoms with Gasteiger partial charge in [-0.15, -0.1) is 11.3 Å². The quantitative estimate of drug-likeness (QED) is 0.880. The number of thiophene rings is 1. The van der Waals surface area contributed by atoms with Crippen LogP contribution in [0, 0.1) is 11.3 Å². The zero-order valence-corrected chi connectivity index (χ0v) is 15.3. The molecule has 136 valence electrons. The zero-order chi connectivity index (χ0) is 18.7. The molecule has 1 aliphatic rings. The fourth-order valence-corrected chi connectivity index (χ4v) is 3.89. The van der Waals surface area contributed by atoms with Crippen molar-refractivity contribution in [3.63, 3.8) is 0 Å². The lowest BCUT2D eigenvalue weighted by molar-refractivity contribution is -0.124. The molecular formula is C18H20N4O3S. The summed E-state index contributed by atoms with van der Waals surface area (Å²) in [4.78, 5) is 39.1. The van der Waals surface area contributed by atoms with Crippen molar-refractivity contribution in [2.45, 2.75) is 51.7 Å². The van der Waals surface area contributed by atoms with Gasteiger partial charge < -0.3 is 5.32 Å². The molecule has 0 fully saturated rings. The Labute approximate surface area is 154 Å². The minimum atomic E-state index is -0.983. The van der Waals surface area contributed by atoms with Gasteiger partial charge >= 0.3 is 5.69 Å². The van der Waals surface area contributed by atoms with E-state index in [1.165, 1.54) is 22.8 Å². The molecule has 0 saturated carbocycles. The van der Waals surface area contributed by atoms with E-state index in [0.29, 0.717) is 25.2 Å². The van der Waals surface area contributed by atoms with E-state index in [1.807, 2.05) is 23.6 Å². The molecule has 1 aliphatic heterocycles. The summed E-state index contributed by atoms with van der Waals surface area (Å²) in [5, 5.41) is 14.1. The summed E-state index contributed by atoms with van der Waals surface area (Å²) < 4.78 is 2.41. The molecule has 1 atom stereocenters. The van der Waals surface area contributed by atoms with E-state index < -0.39 is 23.2 Å². The van der Waals surface area contributed by atoms with E-state index >= 15 is 0 Å². The van der Waals surface area contributed by atoms with Crippen LogP contribution in [0.3, 0.4) is 0 Å². The Morgan fingerprint density at radius 3 is 2.88 bits per heavy atom. The van der Waals surface area contributed by atoms with Crippen LogP contribution in [0.2, 0.25) is 0 Å². The third-order valence-corrected chi connectivity index (χ3v) is 5.55. The number of aromatic nitrogens is 2. The Bertz CT molecular complexity index is 966. The molecule has 26 heavy (non-hydrogen) atoms. The van der Waals surface area contributed by atoms with Crippen molar-refractivity contribution in [1.29, 1.82) is 5.26 Å². The lowest BCUT2D eigenvalue weighted by Crippen LogP contribution is -2.48. The summed E-state index contributed by atoms with van der Waals surface area (Å²) in [5.74, 6) is -0.421. The Morgan fingerprint density at radius 1 is 1.38 bits per heavy atom. The summed E-state index contributed by atoms with van der Waals surface area (Å²) in [6, 6.07) is 4.74. The average molecular weight is 372 g/mol. The Hall–Kier alpha value is -2.66. The second-order valence-corrected chi connectivity index (χ2v) is 7.36. The number of hydrogen-bond acceptors (Lipinski definition) is 5. The second-order valence-electron chi connectivity index (χ2n) is 6.33. The van der Waals surface area contributed by atoms with Gasteiger partial charge in [0.25, 0.3) is 5.56 Å². The fraction of sp³-hybridized carbons (Fsp3) is 0.444. The average Bonchev–Trinajstić information content (AvgIpc) is 3.03. The number of carbonyl (C=O) groups excluding carboxylic acids is 1. The van der Waals surface area contributed by atoms with Gasteiger partial charge in [0.2, 0.25) is 5.91 Å². The number of rotatable bonds is 4. The van der Waals surface area contributed by atoms with Crippen LogP contribution < -0.4 is 16.6 Å². The van der Waals surface area contributed by atoms with E-state index in [4.69, 9.17) is 0 Å². The highest BCUT2D eigenvalue weighted by atomic mass is 32.1. The standard InChI is InChI=1S/C18H20N4O3S/c1-12(16(23)20-11-13-6-5-9-26-13)22-17(24)14(10-19)15-7-3-2-4-8-21(15)18(22)25/h5-6,9,12H,2-4,7-8,11H2,1H3,(H,20,23). The molecule has 0 spiro atoms. The van der Waals surface area contributed by atoms with Crippen molar-refractivity contribution in [3.8, 4) is 6.07 Å². The molecule has 0 aromatic carbocycles. The molecule has 0 aliphatic carbocycles. The molecule has 1 N–H and O–H groups in total. The number of amides is 1. The van der Waals surface area contributed by atoms with Crippen LogP contribution in [-0.4, -0.2) is 15.0 Å². The summed E-state index contributed by atoms with van der Waals surface area (Å²) in [6.45, 7) is 2.32. The van der Waals surface area contributed by atoms with E-state index in [9.17, 15) is 19.6 Å². The maximum absolute atomic E-state index is 12.9. The number of nitrogens with zero attached hydrogens (tertiary/aromatic N) is 3. The topological polar surface area (TPSA) is 96.9 Å². The first-order valence-electron chi connectivity index (χ1n) is 8.63. The van der Waals surface area contributed by atoms with Gasteiger partial charge in [0.1, 0.15) is 17.7 Å². The molecule has 3 rings (SSSR count). The minimum Gasteiger partial charge on any atom is -0.349 e. The van der Waals surface area contributed by atoms with Crippen molar-refractivity contribution in [2.24, 2.45) is 0 Å². The monoisotopic (exact) mass is 372 g/mol. The molecule has 0 bridgehead atoms. The van der Waals surface area contributed by atoms with Crippen molar-refractivity contribution < 1.29 is 4.79 Å². The summed E-state index contributed by atoms with van der Waals surface area (Å²) in [5.41, 5.74) is -0.707. The van der Waals surface area contributed by atoms with E-state index in [2.05, 4.69) is 5.32 Å². The molecule has 1 amide bonds. The summed E-state index contributed by atoms with van der Waals surface area (Å²) in [6.07, 6.45) is 3.13. The molecular weight excluding hydrogens is 352 g/mol. The van der Waals surface area contributed by atoms with E-state index in [1.54, 1.807) is 0 Å². The predicted octanol–water partition coefficient (Wildman–Crippen LogP) is 1.55. The first-order valence-corrected chi connectivity index (χ1v) is 9.51. The molecule has 3 heterocycles. The maximum atomic E-state index is 12.9. The van der Waals surface area contributed by atoms with Crippen LogP contribution in [0.4, 0.5) is 0 Å². The summed E-state index contributed by atoms with van der Waals surface area (Å²) in [7, 11) is 0. The first kappa shape index (κ1) is 18.1. The van der Waals surface area contributed by atoms with Crippen molar-refractivity contribution >= 4 is 17.2 Å². The van der Waals surface area contributed by atoms with Gasteiger partial charge in [-0.25, -0.2) is 9.36 Å². The SMILES string of the molecule is CC(C(=O)NCc1cccs1)n1c(=O)c(C#N)c2n(c1=O)CCCCC2. The number of carbonyl (C=O) groups is 1. The largest absolute Gasteiger partial charge is 0.349 e. The molecule has 2 aromatic rings. The molecule has 8 heteroatoms. The maximum Gasteiger partial charge on any atom is 0.331 e. The number of nitriles is 1. The Kier molecular flexibility index (Phi) is 5.38. The zero-order valence-electron chi connectivity index (χ0n) is 14.5. The van der Waals surface area contributed by atoms with Gasteiger partial charge in [0.05, 0.1) is 6.54 Å². The smallest absolute Gasteiger partial charge is 0.331 e. The lowest BCUT2D eigenvalue weighted by Gasteiger charge is -2.18.